The average Bonchev–Trinajstić information content (AvgIpc) is 2.48. The third-order valence-corrected chi connectivity index (χ3v) is 3.91. The van der Waals surface area contributed by atoms with E-state index in [0.717, 1.165) is 5.56 Å². The quantitative estimate of drug-likeness (QED) is 0.886. The SMILES string of the molecule is Cc1cc(CC(=O)O)ccc1NC(=O)c1ccc(C(C)(C)C)cc1. The molecular formula is C20H23NO3. The largest absolute Gasteiger partial charge is 0.481 e. The fourth-order valence-corrected chi connectivity index (χ4v) is 2.47. The van der Waals surface area contributed by atoms with Crippen LogP contribution in [0, 0.1) is 6.92 Å². The molecule has 0 bridgehead atoms. The predicted octanol–water partition coefficient (Wildman–Crippen LogP) is 4.17. The Bertz CT molecular complexity index is 755. The third kappa shape index (κ3) is 4.44. The van der Waals surface area contributed by atoms with Crippen LogP contribution < -0.4 is 5.32 Å². The van der Waals surface area contributed by atoms with E-state index in [1.54, 1.807) is 18.2 Å². The molecule has 2 rings (SSSR count). The molecule has 0 aromatic heterocycles. The van der Waals surface area contributed by atoms with Crippen LogP contribution in [0.2, 0.25) is 0 Å². The van der Waals surface area contributed by atoms with Gasteiger partial charge in [0.05, 0.1) is 6.42 Å². The summed E-state index contributed by atoms with van der Waals surface area (Å²) in [5, 5.41) is 11.7. The monoisotopic (exact) mass is 325 g/mol. The van der Waals surface area contributed by atoms with Crippen molar-refractivity contribution in [1.82, 2.24) is 0 Å². The Kier molecular flexibility index (Phi) is 5.07. The number of aliphatic carboxylic acids is 1. The number of hydrogen-bond acceptors (Lipinski definition) is 2. The maximum atomic E-state index is 12.4. The number of hydrogen-bond donors (Lipinski definition) is 2. The Morgan fingerprint density at radius 1 is 1.04 bits per heavy atom. The van der Waals surface area contributed by atoms with E-state index >= 15 is 0 Å². The smallest absolute Gasteiger partial charge is 0.307 e. The number of aryl methyl sites for hydroxylation is 1. The number of anilines is 1. The molecule has 24 heavy (non-hydrogen) atoms. The number of amides is 1. The molecule has 4 nitrogen and oxygen atoms in total. The zero-order valence-corrected chi connectivity index (χ0v) is 14.5. The predicted molar refractivity (Wildman–Crippen MR) is 95.6 cm³/mol. The van der Waals surface area contributed by atoms with E-state index in [1.807, 2.05) is 31.2 Å². The Hall–Kier alpha value is -2.62. The van der Waals surface area contributed by atoms with Gasteiger partial charge in [0, 0.05) is 11.3 Å². The van der Waals surface area contributed by atoms with Gasteiger partial charge in [0.2, 0.25) is 0 Å². The molecule has 0 aliphatic heterocycles. The molecule has 0 spiro atoms. The molecule has 0 heterocycles. The third-order valence-electron chi connectivity index (χ3n) is 3.91. The summed E-state index contributed by atoms with van der Waals surface area (Å²) in [6.07, 6.45) is -0.0245. The number of nitrogens with one attached hydrogen (secondary N) is 1. The zero-order chi connectivity index (χ0) is 17.9. The molecule has 2 aromatic carbocycles. The lowest BCUT2D eigenvalue weighted by atomic mass is 9.86. The summed E-state index contributed by atoms with van der Waals surface area (Å²) in [5.74, 6) is -1.05. The van der Waals surface area contributed by atoms with Crippen LogP contribution in [0.1, 0.15) is 47.8 Å². The van der Waals surface area contributed by atoms with Gasteiger partial charge in [-0.25, -0.2) is 0 Å². The molecule has 0 atom stereocenters. The fraction of sp³-hybridized carbons (Fsp3) is 0.300. The fourth-order valence-electron chi connectivity index (χ4n) is 2.47. The van der Waals surface area contributed by atoms with Gasteiger partial charge in [0.25, 0.3) is 5.91 Å². The number of carboxylic acid groups (broad SMARTS) is 1. The highest BCUT2D eigenvalue weighted by molar-refractivity contribution is 6.04. The first-order chi connectivity index (χ1) is 11.2. The molecule has 2 N–H and O–H groups in total. The highest BCUT2D eigenvalue weighted by Crippen LogP contribution is 2.23. The van der Waals surface area contributed by atoms with Crippen molar-refractivity contribution in [1.29, 1.82) is 0 Å². The molecule has 2 aromatic rings. The second-order valence-corrected chi connectivity index (χ2v) is 7.00. The molecule has 4 heteroatoms. The van der Waals surface area contributed by atoms with Crippen molar-refractivity contribution >= 4 is 17.6 Å². The van der Waals surface area contributed by atoms with Gasteiger partial charge in [0.1, 0.15) is 0 Å². The highest BCUT2D eigenvalue weighted by Gasteiger charge is 2.14. The second-order valence-electron chi connectivity index (χ2n) is 7.00. The van der Waals surface area contributed by atoms with Crippen molar-refractivity contribution in [3.63, 3.8) is 0 Å². The van der Waals surface area contributed by atoms with Gasteiger partial charge in [-0.2, -0.15) is 0 Å². The minimum atomic E-state index is -0.870. The molecule has 0 fully saturated rings. The number of carbonyl (C=O) groups is 2. The van der Waals surface area contributed by atoms with Crippen molar-refractivity contribution < 1.29 is 14.7 Å². The molecule has 1 amide bonds. The van der Waals surface area contributed by atoms with E-state index in [9.17, 15) is 9.59 Å². The van der Waals surface area contributed by atoms with E-state index in [4.69, 9.17) is 5.11 Å². The topological polar surface area (TPSA) is 66.4 Å². The molecular weight excluding hydrogens is 302 g/mol. The van der Waals surface area contributed by atoms with E-state index < -0.39 is 5.97 Å². The minimum absolute atomic E-state index is 0.0245. The highest BCUT2D eigenvalue weighted by atomic mass is 16.4. The Labute approximate surface area is 142 Å². The van der Waals surface area contributed by atoms with Crippen LogP contribution in [0.25, 0.3) is 0 Å². The molecule has 0 aliphatic rings. The van der Waals surface area contributed by atoms with Crippen LogP contribution in [-0.2, 0) is 16.6 Å². The van der Waals surface area contributed by atoms with E-state index in [0.29, 0.717) is 16.8 Å². The number of carbonyl (C=O) groups excluding carboxylic acids is 1. The van der Waals surface area contributed by atoms with Crippen LogP contribution in [-0.4, -0.2) is 17.0 Å². The lowest BCUT2D eigenvalue weighted by molar-refractivity contribution is -0.136. The Morgan fingerprint density at radius 2 is 1.67 bits per heavy atom. The van der Waals surface area contributed by atoms with Gasteiger partial charge in [-0.3, -0.25) is 9.59 Å². The van der Waals surface area contributed by atoms with Gasteiger partial charge in [-0.15, -0.1) is 0 Å². The summed E-state index contributed by atoms with van der Waals surface area (Å²) in [7, 11) is 0. The van der Waals surface area contributed by atoms with Crippen LogP contribution in [0.5, 0.6) is 0 Å². The van der Waals surface area contributed by atoms with Gasteiger partial charge in [0.15, 0.2) is 0 Å². The molecule has 126 valence electrons. The van der Waals surface area contributed by atoms with Crippen LogP contribution in [0.3, 0.4) is 0 Å². The first-order valence-electron chi connectivity index (χ1n) is 7.90. The maximum absolute atomic E-state index is 12.4. The van der Waals surface area contributed by atoms with Crippen molar-refractivity contribution in [3.05, 3.63) is 64.7 Å². The van der Waals surface area contributed by atoms with Crippen molar-refractivity contribution in [2.75, 3.05) is 5.32 Å². The summed E-state index contributed by atoms with van der Waals surface area (Å²) in [5.41, 5.74) is 4.06. The number of benzene rings is 2. The lowest BCUT2D eigenvalue weighted by Crippen LogP contribution is -2.15. The van der Waals surface area contributed by atoms with Crippen molar-refractivity contribution in [2.45, 2.75) is 39.5 Å². The first-order valence-corrected chi connectivity index (χ1v) is 7.90. The maximum Gasteiger partial charge on any atom is 0.307 e. The first kappa shape index (κ1) is 17.7. The Morgan fingerprint density at radius 3 is 2.17 bits per heavy atom. The summed E-state index contributed by atoms with van der Waals surface area (Å²) in [6, 6.07) is 12.8. The minimum Gasteiger partial charge on any atom is -0.481 e. The van der Waals surface area contributed by atoms with E-state index in [2.05, 4.69) is 26.1 Å². The van der Waals surface area contributed by atoms with Crippen molar-refractivity contribution in [2.24, 2.45) is 0 Å². The van der Waals surface area contributed by atoms with Crippen LogP contribution >= 0.6 is 0 Å². The lowest BCUT2D eigenvalue weighted by Gasteiger charge is -2.19. The summed E-state index contributed by atoms with van der Waals surface area (Å²) in [4.78, 5) is 23.1. The second kappa shape index (κ2) is 6.87. The standard InChI is InChI=1S/C20H23NO3/c1-13-11-14(12-18(22)23)5-10-17(13)21-19(24)15-6-8-16(9-7-15)20(2,3)4/h5-11H,12H2,1-4H3,(H,21,24)(H,22,23). The zero-order valence-electron chi connectivity index (χ0n) is 14.5. The number of rotatable bonds is 4. The van der Waals surface area contributed by atoms with Gasteiger partial charge >= 0.3 is 5.97 Å². The molecule has 0 aliphatic carbocycles. The van der Waals surface area contributed by atoms with Gasteiger partial charge < -0.3 is 10.4 Å². The molecule has 0 unspecified atom stereocenters. The summed E-state index contributed by atoms with van der Waals surface area (Å²) in [6.45, 7) is 8.24. The van der Waals surface area contributed by atoms with Crippen LogP contribution in [0.15, 0.2) is 42.5 Å². The van der Waals surface area contributed by atoms with Crippen LogP contribution in [0.4, 0.5) is 5.69 Å². The Balaban J connectivity index is 2.13. The summed E-state index contributed by atoms with van der Waals surface area (Å²) >= 11 is 0. The van der Waals surface area contributed by atoms with Crippen molar-refractivity contribution in [3.8, 4) is 0 Å². The molecule has 0 saturated carbocycles. The average molecular weight is 325 g/mol. The molecule has 0 saturated heterocycles. The summed E-state index contributed by atoms with van der Waals surface area (Å²) < 4.78 is 0. The normalized spacial score (nSPS) is 11.2. The van der Waals surface area contributed by atoms with E-state index in [1.165, 1.54) is 5.56 Å². The number of carboxylic acids is 1. The van der Waals surface area contributed by atoms with E-state index in [-0.39, 0.29) is 17.7 Å². The molecule has 0 radical (unpaired) electrons. The van der Waals surface area contributed by atoms with Gasteiger partial charge in [-0.05, 0) is 47.2 Å². The van der Waals surface area contributed by atoms with Gasteiger partial charge in [-0.1, -0.05) is 45.0 Å².